The van der Waals surface area contributed by atoms with Gasteiger partial charge in [-0.15, -0.1) is 0 Å². The molecule has 0 radical (unpaired) electrons. The van der Waals surface area contributed by atoms with Crippen LogP contribution in [0.3, 0.4) is 0 Å². The second-order valence-corrected chi connectivity index (χ2v) is 5.99. The molecule has 0 bridgehead atoms. The number of aromatic nitrogens is 3. The van der Waals surface area contributed by atoms with E-state index in [1.807, 2.05) is 17.9 Å². The van der Waals surface area contributed by atoms with E-state index in [-0.39, 0.29) is 5.54 Å². The molecule has 0 unspecified atom stereocenters. The van der Waals surface area contributed by atoms with Crippen molar-refractivity contribution in [3.05, 3.63) is 42.0 Å². The van der Waals surface area contributed by atoms with Gasteiger partial charge in [-0.05, 0) is 39.0 Å². The maximum Gasteiger partial charge on any atom is 0.0492 e. The number of hydrogen-bond acceptors (Lipinski definition) is 2. The molecule has 0 saturated carbocycles. The van der Waals surface area contributed by atoms with Crippen molar-refractivity contribution in [2.75, 3.05) is 0 Å². The summed E-state index contributed by atoms with van der Waals surface area (Å²) in [5.74, 6) is 0. The highest BCUT2D eigenvalue weighted by molar-refractivity contribution is 5.08. The fourth-order valence-electron chi connectivity index (χ4n) is 2.07. The van der Waals surface area contributed by atoms with Gasteiger partial charge >= 0.3 is 0 Å². The highest BCUT2D eigenvalue weighted by Crippen LogP contribution is 2.08. The van der Waals surface area contributed by atoms with Gasteiger partial charge < -0.3 is 9.88 Å². The highest BCUT2D eigenvalue weighted by Gasteiger charge is 2.10. The predicted octanol–water partition coefficient (Wildman–Crippen LogP) is 2.35. The Morgan fingerprint density at radius 1 is 1.21 bits per heavy atom. The first-order valence-electron chi connectivity index (χ1n) is 6.82. The Balaban J connectivity index is 1.94. The van der Waals surface area contributed by atoms with Gasteiger partial charge in [-0.25, -0.2) is 0 Å². The van der Waals surface area contributed by atoms with Crippen molar-refractivity contribution >= 4 is 0 Å². The highest BCUT2D eigenvalue weighted by atomic mass is 15.3. The summed E-state index contributed by atoms with van der Waals surface area (Å²) >= 11 is 0. The van der Waals surface area contributed by atoms with E-state index in [1.165, 1.54) is 11.4 Å². The lowest BCUT2D eigenvalue weighted by atomic mass is 10.1. The smallest absolute Gasteiger partial charge is 0.0492 e. The maximum atomic E-state index is 4.20. The number of hydrogen-bond donors (Lipinski definition) is 1. The molecule has 0 aliphatic heterocycles. The van der Waals surface area contributed by atoms with E-state index in [1.54, 1.807) is 0 Å². The Bertz CT molecular complexity index is 516. The van der Waals surface area contributed by atoms with Crippen molar-refractivity contribution in [3.8, 4) is 0 Å². The van der Waals surface area contributed by atoms with Crippen molar-refractivity contribution in [3.63, 3.8) is 0 Å². The minimum absolute atomic E-state index is 0.150. The molecule has 1 N–H and O–H groups in total. The predicted molar refractivity (Wildman–Crippen MR) is 77.9 cm³/mol. The van der Waals surface area contributed by atoms with Crippen molar-refractivity contribution in [1.29, 1.82) is 0 Å². The zero-order valence-electron chi connectivity index (χ0n) is 12.3. The second-order valence-electron chi connectivity index (χ2n) is 5.99. The maximum absolute atomic E-state index is 4.20. The molecular formula is C15H24N4. The SMILES string of the molecule is Cn1nccc1CCn1cccc1CNC(C)(C)C. The van der Waals surface area contributed by atoms with Crippen LogP contribution in [0, 0.1) is 0 Å². The average molecular weight is 260 g/mol. The minimum Gasteiger partial charge on any atom is -0.350 e. The van der Waals surface area contributed by atoms with E-state index in [2.05, 4.69) is 60.1 Å². The fraction of sp³-hybridized carbons (Fsp3) is 0.533. The van der Waals surface area contributed by atoms with Gasteiger partial charge in [-0.2, -0.15) is 5.10 Å². The molecule has 0 aliphatic carbocycles. The molecule has 104 valence electrons. The third-order valence-electron chi connectivity index (χ3n) is 3.25. The quantitative estimate of drug-likeness (QED) is 0.895. The van der Waals surface area contributed by atoms with Crippen LogP contribution in [0.25, 0.3) is 0 Å². The Morgan fingerprint density at radius 3 is 2.63 bits per heavy atom. The van der Waals surface area contributed by atoms with Crippen molar-refractivity contribution in [1.82, 2.24) is 19.7 Å². The van der Waals surface area contributed by atoms with Crippen LogP contribution >= 0.6 is 0 Å². The summed E-state index contributed by atoms with van der Waals surface area (Å²) in [4.78, 5) is 0. The van der Waals surface area contributed by atoms with Crippen LogP contribution in [-0.2, 0) is 26.6 Å². The second kappa shape index (κ2) is 5.61. The lowest BCUT2D eigenvalue weighted by molar-refractivity contribution is 0.415. The number of rotatable bonds is 5. The van der Waals surface area contributed by atoms with Crippen LogP contribution in [0.15, 0.2) is 30.6 Å². The first-order chi connectivity index (χ1) is 8.96. The lowest BCUT2D eigenvalue weighted by Crippen LogP contribution is -2.35. The molecule has 4 heteroatoms. The monoisotopic (exact) mass is 260 g/mol. The summed E-state index contributed by atoms with van der Waals surface area (Å²) in [7, 11) is 1.99. The van der Waals surface area contributed by atoms with E-state index in [0.29, 0.717) is 0 Å². The molecule has 2 aromatic heterocycles. The van der Waals surface area contributed by atoms with Gasteiger partial charge in [-0.1, -0.05) is 0 Å². The molecule has 2 aromatic rings. The lowest BCUT2D eigenvalue weighted by Gasteiger charge is -2.21. The van der Waals surface area contributed by atoms with Crippen LogP contribution in [-0.4, -0.2) is 19.9 Å². The Morgan fingerprint density at radius 2 is 2.00 bits per heavy atom. The molecule has 0 spiro atoms. The largest absolute Gasteiger partial charge is 0.350 e. The minimum atomic E-state index is 0.150. The van der Waals surface area contributed by atoms with Gasteiger partial charge in [0.2, 0.25) is 0 Å². The Kier molecular flexibility index (Phi) is 4.10. The third kappa shape index (κ3) is 3.96. The summed E-state index contributed by atoms with van der Waals surface area (Å²) < 4.78 is 4.25. The van der Waals surface area contributed by atoms with Crippen molar-refractivity contribution in [2.45, 2.75) is 45.8 Å². The summed E-state index contributed by atoms with van der Waals surface area (Å²) in [6, 6.07) is 6.38. The average Bonchev–Trinajstić information content (AvgIpc) is 2.91. The zero-order chi connectivity index (χ0) is 13.9. The Hall–Kier alpha value is -1.55. The van der Waals surface area contributed by atoms with E-state index in [9.17, 15) is 0 Å². The van der Waals surface area contributed by atoms with Crippen molar-refractivity contribution in [2.24, 2.45) is 7.05 Å². The van der Waals surface area contributed by atoms with Gasteiger partial charge in [0.25, 0.3) is 0 Å². The molecule has 19 heavy (non-hydrogen) atoms. The van der Waals surface area contributed by atoms with Gasteiger partial charge in [0.15, 0.2) is 0 Å². The molecule has 2 heterocycles. The molecule has 0 aliphatic rings. The van der Waals surface area contributed by atoms with E-state index in [4.69, 9.17) is 0 Å². The normalized spacial score (nSPS) is 12.0. The van der Waals surface area contributed by atoms with Crippen LogP contribution in [0.4, 0.5) is 0 Å². The molecule has 0 aromatic carbocycles. The molecule has 2 rings (SSSR count). The number of nitrogens with one attached hydrogen (secondary N) is 1. The molecule has 4 nitrogen and oxygen atoms in total. The molecule has 0 atom stereocenters. The Labute approximate surface area is 115 Å². The molecular weight excluding hydrogens is 236 g/mol. The summed E-state index contributed by atoms with van der Waals surface area (Å²) in [6.45, 7) is 8.47. The van der Waals surface area contributed by atoms with Gasteiger partial charge in [0.05, 0.1) is 0 Å². The van der Waals surface area contributed by atoms with Crippen LogP contribution in [0.1, 0.15) is 32.2 Å². The topological polar surface area (TPSA) is 34.8 Å². The van der Waals surface area contributed by atoms with E-state index >= 15 is 0 Å². The van der Waals surface area contributed by atoms with Gasteiger partial charge in [-0.3, -0.25) is 4.68 Å². The molecule has 0 amide bonds. The number of aryl methyl sites for hydroxylation is 3. The van der Waals surface area contributed by atoms with Crippen LogP contribution in [0.5, 0.6) is 0 Å². The standard InChI is InChI=1S/C15H24N4/c1-15(2,3)16-12-14-6-5-10-19(14)11-8-13-7-9-17-18(13)4/h5-7,9-10,16H,8,11-12H2,1-4H3. The number of nitrogens with zero attached hydrogens (tertiary/aromatic N) is 3. The van der Waals surface area contributed by atoms with E-state index < -0.39 is 0 Å². The zero-order valence-corrected chi connectivity index (χ0v) is 12.3. The summed E-state index contributed by atoms with van der Waals surface area (Å²) in [6.07, 6.45) is 5.01. The first-order valence-corrected chi connectivity index (χ1v) is 6.82. The van der Waals surface area contributed by atoms with Crippen LogP contribution in [0.2, 0.25) is 0 Å². The van der Waals surface area contributed by atoms with Crippen LogP contribution < -0.4 is 5.32 Å². The summed E-state index contributed by atoms with van der Waals surface area (Å²) in [5.41, 5.74) is 2.75. The van der Waals surface area contributed by atoms with E-state index in [0.717, 1.165) is 19.5 Å². The molecule has 0 fully saturated rings. The van der Waals surface area contributed by atoms with Gasteiger partial charge in [0.1, 0.15) is 0 Å². The first kappa shape index (κ1) is 13.9. The van der Waals surface area contributed by atoms with Gasteiger partial charge in [0, 0.05) is 55.9 Å². The fourth-order valence-corrected chi connectivity index (χ4v) is 2.07. The summed E-state index contributed by atoms with van der Waals surface area (Å²) in [5, 5.41) is 7.73. The molecule has 0 saturated heterocycles. The van der Waals surface area contributed by atoms with Crippen molar-refractivity contribution < 1.29 is 0 Å². The third-order valence-corrected chi connectivity index (χ3v) is 3.25.